The third kappa shape index (κ3) is 6.12. The van der Waals surface area contributed by atoms with Crippen LogP contribution in [0.2, 0.25) is 0 Å². The molecule has 2 saturated heterocycles. The molecule has 7 heteroatoms. The van der Waals surface area contributed by atoms with Gasteiger partial charge in [-0.2, -0.15) is 0 Å². The largest absolute Gasteiger partial charge is 0.379 e. The minimum Gasteiger partial charge on any atom is -0.379 e. The number of hydrogen-bond donors (Lipinski definition) is 1. The summed E-state index contributed by atoms with van der Waals surface area (Å²) in [6, 6.07) is 17.9. The Morgan fingerprint density at radius 2 is 1.78 bits per heavy atom. The summed E-state index contributed by atoms with van der Waals surface area (Å²) in [5.41, 5.74) is 2.96. The quantitative estimate of drug-likeness (QED) is 0.592. The number of benzene rings is 2. The predicted octanol–water partition coefficient (Wildman–Crippen LogP) is 2.96. The summed E-state index contributed by atoms with van der Waals surface area (Å²) in [5, 5.41) is 3.03. The number of ether oxygens (including phenoxy) is 1. The Balaban J connectivity index is 1.27. The van der Waals surface area contributed by atoms with Gasteiger partial charge < -0.3 is 15.0 Å². The van der Waals surface area contributed by atoms with Crippen molar-refractivity contribution in [1.82, 2.24) is 15.1 Å². The van der Waals surface area contributed by atoms with Gasteiger partial charge in [-0.15, -0.1) is 11.8 Å². The number of thioether (sulfide) groups is 1. The molecule has 2 aliphatic rings. The first-order valence-electron chi connectivity index (χ1n) is 11.3. The van der Waals surface area contributed by atoms with Crippen LogP contribution in [0.5, 0.6) is 0 Å². The third-order valence-electron chi connectivity index (χ3n) is 5.95. The number of morpholine rings is 1. The molecule has 2 aromatic rings. The van der Waals surface area contributed by atoms with Crippen LogP contribution in [0.25, 0.3) is 0 Å². The maximum Gasteiger partial charge on any atom is 0.251 e. The highest BCUT2D eigenvalue weighted by molar-refractivity contribution is 8.00. The van der Waals surface area contributed by atoms with Gasteiger partial charge in [0.15, 0.2) is 0 Å². The highest BCUT2D eigenvalue weighted by Gasteiger charge is 2.32. The van der Waals surface area contributed by atoms with Crippen LogP contribution in [0, 0.1) is 0 Å². The van der Waals surface area contributed by atoms with Gasteiger partial charge in [0.2, 0.25) is 5.91 Å². The van der Waals surface area contributed by atoms with Gasteiger partial charge in [0, 0.05) is 31.7 Å². The maximum atomic E-state index is 12.5. The lowest BCUT2D eigenvalue weighted by molar-refractivity contribution is -0.128. The molecule has 6 nitrogen and oxygen atoms in total. The zero-order chi connectivity index (χ0) is 22.2. The van der Waals surface area contributed by atoms with Crippen LogP contribution in [-0.4, -0.2) is 73.3 Å². The summed E-state index contributed by atoms with van der Waals surface area (Å²) >= 11 is 1.65. The van der Waals surface area contributed by atoms with E-state index in [0.29, 0.717) is 24.4 Å². The summed E-state index contributed by atoms with van der Waals surface area (Å²) in [5.74, 6) is 0.637. The molecular weight excluding hydrogens is 422 g/mol. The van der Waals surface area contributed by atoms with Gasteiger partial charge in [0.1, 0.15) is 5.37 Å². The molecule has 2 fully saturated rings. The van der Waals surface area contributed by atoms with E-state index < -0.39 is 0 Å². The number of carbonyl (C=O) groups excluding carboxylic acids is 2. The van der Waals surface area contributed by atoms with Crippen LogP contribution in [0.1, 0.15) is 33.3 Å². The number of nitrogens with zero attached hydrogens (tertiary/aromatic N) is 2. The van der Waals surface area contributed by atoms with Crippen molar-refractivity contribution >= 4 is 23.6 Å². The number of rotatable bonds is 9. The number of carbonyl (C=O) groups is 2. The van der Waals surface area contributed by atoms with Crippen LogP contribution in [-0.2, 0) is 16.0 Å². The monoisotopic (exact) mass is 453 g/mol. The summed E-state index contributed by atoms with van der Waals surface area (Å²) in [6.07, 6.45) is 1.77. The lowest BCUT2D eigenvalue weighted by Gasteiger charge is -2.26. The summed E-state index contributed by atoms with van der Waals surface area (Å²) in [6.45, 7) is 5.89. The first kappa shape index (κ1) is 22.8. The molecule has 32 heavy (non-hydrogen) atoms. The molecular formula is C25H31N3O3S. The van der Waals surface area contributed by atoms with Crippen molar-refractivity contribution < 1.29 is 14.3 Å². The van der Waals surface area contributed by atoms with Crippen LogP contribution < -0.4 is 5.32 Å². The van der Waals surface area contributed by atoms with Crippen LogP contribution in [0.4, 0.5) is 0 Å². The topological polar surface area (TPSA) is 61.9 Å². The Morgan fingerprint density at radius 1 is 1.03 bits per heavy atom. The molecule has 1 atom stereocenters. The van der Waals surface area contributed by atoms with Crippen molar-refractivity contribution in [3.63, 3.8) is 0 Å². The third-order valence-corrected chi connectivity index (χ3v) is 7.21. The molecule has 4 rings (SSSR count). The van der Waals surface area contributed by atoms with E-state index in [-0.39, 0.29) is 17.2 Å². The lowest BCUT2D eigenvalue weighted by atomic mass is 10.1. The van der Waals surface area contributed by atoms with Crippen LogP contribution in [0.15, 0.2) is 54.6 Å². The number of hydrogen-bond acceptors (Lipinski definition) is 5. The zero-order valence-corrected chi connectivity index (χ0v) is 19.2. The van der Waals surface area contributed by atoms with Gasteiger partial charge >= 0.3 is 0 Å². The van der Waals surface area contributed by atoms with E-state index in [1.807, 2.05) is 47.4 Å². The summed E-state index contributed by atoms with van der Waals surface area (Å²) in [7, 11) is 0. The molecule has 0 aliphatic carbocycles. The van der Waals surface area contributed by atoms with E-state index in [1.54, 1.807) is 11.8 Å². The van der Waals surface area contributed by atoms with Crippen molar-refractivity contribution in [3.05, 3.63) is 71.3 Å². The van der Waals surface area contributed by atoms with Crippen LogP contribution >= 0.6 is 11.8 Å². The van der Waals surface area contributed by atoms with E-state index >= 15 is 0 Å². The van der Waals surface area contributed by atoms with Crippen molar-refractivity contribution in [3.8, 4) is 0 Å². The molecule has 0 bridgehead atoms. The second-order valence-electron chi connectivity index (χ2n) is 8.17. The van der Waals surface area contributed by atoms with E-state index in [4.69, 9.17) is 4.74 Å². The van der Waals surface area contributed by atoms with Gasteiger partial charge in [0.25, 0.3) is 5.91 Å². The highest BCUT2D eigenvalue weighted by atomic mass is 32.2. The van der Waals surface area contributed by atoms with Gasteiger partial charge in [0.05, 0.1) is 19.0 Å². The molecule has 0 aromatic heterocycles. The Labute approximate surface area is 194 Å². The molecule has 0 spiro atoms. The second-order valence-corrected chi connectivity index (χ2v) is 9.24. The van der Waals surface area contributed by atoms with E-state index in [2.05, 4.69) is 22.3 Å². The van der Waals surface area contributed by atoms with Gasteiger partial charge in [-0.25, -0.2) is 0 Å². The summed E-state index contributed by atoms with van der Waals surface area (Å²) < 4.78 is 5.36. The normalized spacial score (nSPS) is 19.3. The Kier molecular flexibility index (Phi) is 8.20. The average molecular weight is 454 g/mol. The minimum atomic E-state index is -0.0467. The van der Waals surface area contributed by atoms with Crippen molar-refractivity contribution in [2.45, 2.75) is 18.2 Å². The molecule has 0 saturated carbocycles. The highest BCUT2D eigenvalue weighted by Crippen LogP contribution is 2.38. The average Bonchev–Trinajstić information content (AvgIpc) is 3.22. The van der Waals surface area contributed by atoms with Crippen molar-refractivity contribution in [2.24, 2.45) is 0 Å². The number of amides is 2. The Hall–Kier alpha value is -2.35. The molecule has 0 radical (unpaired) electrons. The summed E-state index contributed by atoms with van der Waals surface area (Å²) in [4.78, 5) is 29.3. The standard InChI is InChI=1S/C25H31N3O3S/c29-23-19-32-25(28(23)14-11-20-5-2-1-3-6-20)22-9-7-21(8-10-22)24(30)26-12-4-13-27-15-17-31-18-16-27/h1-3,5-10,25H,4,11-19H2,(H,26,30)/t25-/m0/s1. The Morgan fingerprint density at radius 3 is 2.53 bits per heavy atom. The number of nitrogens with one attached hydrogen (secondary N) is 1. The fourth-order valence-corrected chi connectivity index (χ4v) is 5.32. The van der Waals surface area contributed by atoms with Gasteiger partial charge in [-0.3, -0.25) is 14.5 Å². The van der Waals surface area contributed by atoms with Gasteiger partial charge in [-0.05, 0) is 42.6 Å². The Bertz CT molecular complexity index is 885. The van der Waals surface area contributed by atoms with Crippen LogP contribution in [0.3, 0.4) is 0 Å². The molecule has 2 aliphatic heterocycles. The fourth-order valence-electron chi connectivity index (χ4n) is 4.10. The SMILES string of the molecule is O=C(NCCCN1CCOCC1)c1ccc([C@@H]2SCC(=O)N2CCc2ccccc2)cc1. The fraction of sp³-hybridized carbons (Fsp3) is 0.440. The van der Waals surface area contributed by atoms with Crippen molar-refractivity contribution in [1.29, 1.82) is 0 Å². The minimum absolute atomic E-state index is 0.0110. The zero-order valence-electron chi connectivity index (χ0n) is 18.4. The van der Waals surface area contributed by atoms with E-state index in [9.17, 15) is 9.59 Å². The molecule has 2 amide bonds. The second kappa shape index (κ2) is 11.5. The first-order valence-corrected chi connectivity index (χ1v) is 12.4. The smallest absolute Gasteiger partial charge is 0.251 e. The van der Waals surface area contributed by atoms with E-state index in [0.717, 1.165) is 51.3 Å². The van der Waals surface area contributed by atoms with Crippen molar-refractivity contribution in [2.75, 3.05) is 51.7 Å². The molecule has 1 N–H and O–H groups in total. The lowest BCUT2D eigenvalue weighted by Crippen LogP contribution is -2.38. The van der Waals surface area contributed by atoms with E-state index in [1.165, 1.54) is 5.56 Å². The molecule has 0 unspecified atom stereocenters. The predicted molar refractivity (Wildman–Crippen MR) is 128 cm³/mol. The maximum absolute atomic E-state index is 12.5. The molecule has 2 heterocycles. The molecule has 2 aromatic carbocycles. The molecule has 170 valence electrons. The first-order chi connectivity index (χ1) is 15.7. The van der Waals surface area contributed by atoms with Gasteiger partial charge in [-0.1, -0.05) is 42.5 Å².